The topological polar surface area (TPSA) is 64.1 Å². The van der Waals surface area contributed by atoms with Crippen molar-refractivity contribution in [2.24, 2.45) is 0 Å². The largest absolute Gasteiger partial charge is 0.481 e. The van der Waals surface area contributed by atoms with Crippen LogP contribution in [0.25, 0.3) is 22.2 Å². The second-order valence-corrected chi connectivity index (χ2v) is 8.83. The molecule has 0 fully saturated rings. The monoisotopic (exact) mass is 489 g/mol. The molecule has 1 N–H and O–H groups in total. The van der Waals surface area contributed by atoms with Crippen molar-refractivity contribution in [3.63, 3.8) is 0 Å². The molecule has 0 radical (unpaired) electrons. The molecular weight excluding hydrogens is 469 g/mol. The van der Waals surface area contributed by atoms with Crippen molar-refractivity contribution in [1.29, 1.82) is 0 Å². The van der Waals surface area contributed by atoms with E-state index in [0.29, 0.717) is 38.6 Å². The molecule has 0 aliphatic rings. The summed E-state index contributed by atoms with van der Waals surface area (Å²) in [5.74, 6) is 2.99. The molecule has 7 heteroatoms. The normalized spacial score (nSPS) is 10.8. The summed E-state index contributed by atoms with van der Waals surface area (Å²) in [5.41, 5.74) is 3.72. The Balaban J connectivity index is 1.80. The van der Waals surface area contributed by atoms with E-state index in [1.54, 1.807) is 30.3 Å². The molecule has 4 aromatic rings. The van der Waals surface area contributed by atoms with Crippen LogP contribution in [-0.4, -0.2) is 22.5 Å². The molecule has 0 saturated heterocycles. The van der Waals surface area contributed by atoms with Gasteiger partial charge in [-0.05, 0) is 47.9 Å². The molecule has 1 amide bonds. The van der Waals surface area contributed by atoms with Gasteiger partial charge in [0.15, 0.2) is 0 Å². The van der Waals surface area contributed by atoms with Crippen molar-refractivity contribution in [2.75, 3.05) is 11.9 Å². The highest BCUT2D eigenvalue weighted by Crippen LogP contribution is 2.31. The Morgan fingerprint density at radius 1 is 1.03 bits per heavy atom. The smallest absolute Gasteiger partial charge is 0.293 e. The Morgan fingerprint density at radius 2 is 1.74 bits per heavy atom. The molecule has 0 spiro atoms. The van der Waals surface area contributed by atoms with E-state index in [-0.39, 0.29) is 12.4 Å². The lowest BCUT2D eigenvalue weighted by molar-refractivity contribution is 0.101. The number of nitrogens with one attached hydrogen (secondary N) is 1. The summed E-state index contributed by atoms with van der Waals surface area (Å²) in [6.07, 6.45) is 5.32. The predicted molar refractivity (Wildman–Crippen MR) is 138 cm³/mol. The molecule has 0 unspecified atom stereocenters. The molecule has 34 heavy (non-hydrogen) atoms. The fourth-order valence-electron chi connectivity index (χ4n) is 3.48. The number of aromatic nitrogens is 2. The van der Waals surface area contributed by atoms with Gasteiger partial charge in [0.2, 0.25) is 5.82 Å². The van der Waals surface area contributed by atoms with Crippen LogP contribution in [-0.2, 0) is 0 Å². The number of amides is 1. The minimum Gasteiger partial charge on any atom is -0.481 e. The van der Waals surface area contributed by atoms with Gasteiger partial charge >= 0.3 is 0 Å². The second-order valence-electron chi connectivity index (χ2n) is 7.96. The van der Waals surface area contributed by atoms with E-state index in [1.165, 1.54) is 5.56 Å². The maximum Gasteiger partial charge on any atom is 0.293 e. The molecule has 0 bridgehead atoms. The third-order valence-electron chi connectivity index (χ3n) is 5.16. The van der Waals surface area contributed by atoms with Gasteiger partial charge in [0.05, 0.1) is 11.2 Å². The third kappa shape index (κ3) is 5.31. The highest BCUT2D eigenvalue weighted by molar-refractivity contribution is 6.35. The Labute approximate surface area is 208 Å². The molecule has 1 heterocycles. The molecule has 1 aromatic heterocycles. The SMILES string of the molecule is C#CCOc1ccc2nc(C(=O)Nc3cc(Cl)cc(Cl)c3)nc(-c3ccc(C(C)C)cc3)c2c1. The Bertz CT molecular complexity index is 1390. The number of hydrogen-bond acceptors (Lipinski definition) is 4. The van der Waals surface area contributed by atoms with Crippen LogP contribution in [0.5, 0.6) is 5.75 Å². The van der Waals surface area contributed by atoms with Crippen LogP contribution in [0.1, 0.15) is 35.9 Å². The van der Waals surface area contributed by atoms with Crippen LogP contribution < -0.4 is 10.1 Å². The van der Waals surface area contributed by atoms with E-state index in [2.05, 4.69) is 47.2 Å². The van der Waals surface area contributed by atoms with E-state index < -0.39 is 5.91 Å². The molecule has 170 valence electrons. The Kier molecular flexibility index (Phi) is 7.02. The quantitative estimate of drug-likeness (QED) is 0.296. The minimum absolute atomic E-state index is 0.0174. The number of halogens is 2. The van der Waals surface area contributed by atoms with Crippen LogP contribution in [0.3, 0.4) is 0 Å². The average Bonchev–Trinajstić information content (AvgIpc) is 2.81. The van der Waals surface area contributed by atoms with Crippen LogP contribution in [0, 0.1) is 12.3 Å². The van der Waals surface area contributed by atoms with Gasteiger partial charge < -0.3 is 10.1 Å². The Morgan fingerprint density at radius 3 is 2.38 bits per heavy atom. The Hall–Kier alpha value is -3.59. The number of terminal acetylenes is 1. The fourth-order valence-corrected chi connectivity index (χ4v) is 4.01. The number of benzene rings is 3. The first-order valence-corrected chi connectivity index (χ1v) is 11.4. The molecule has 0 saturated carbocycles. The number of fused-ring (bicyclic) bond motifs is 1. The minimum atomic E-state index is -0.479. The summed E-state index contributed by atoms with van der Waals surface area (Å²) in [6, 6.07) is 18.3. The lowest BCUT2D eigenvalue weighted by atomic mass is 9.99. The molecule has 0 aliphatic carbocycles. The first-order chi connectivity index (χ1) is 16.3. The van der Waals surface area contributed by atoms with Gasteiger partial charge in [-0.1, -0.05) is 67.2 Å². The van der Waals surface area contributed by atoms with Crippen LogP contribution >= 0.6 is 23.2 Å². The van der Waals surface area contributed by atoms with Gasteiger partial charge in [-0.3, -0.25) is 4.79 Å². The third-order valence-corrected chi connectivity index (χ3v) is 5.60. The summed E-state index contributed by atoms with van der Waals surface area (Å²) < 4.78 is 5.59. The second kappa shape index (κ2) is 10.1. The lowest BCUT2D eigenvalue weighted by Gasteiger charge is -2.12. The molecule has 0 aliphatic heterocycles. The average molecular weight is 490 g/mol. The van der Waals surface area contributed by atoms with Crippen molar-refractivity contribution in [2.45, 2.75) is 19.8 Å². The van der Waals surface area contributed by atoms with Gasteiger partial charge in [-0.25, -0.2) is 9.97 Å². The lowest BCUT2D eigenvalue weighted by Crippen LogP contribution is -2.16. The van der Waals surface area contributed by atoms with E-state index in [9.17, 15) is 4.79 Å². The highest BCUT2D eigenvalue weighted by atomic mass is 35.5. The van der Waals surface area contributed by atoms with E-state index in [4.69, 9.17) is 34.4 Å². The standard InChI is InChI=1S/C27H21Cl2N3O2/c1-4-11-34-22-9-10-24-23(15-22)25(18-7-5-17(6-8-18)16(2)3)32-26(31-24)27(33)30-21-13-19(28)12-20(29)14-21/h1,5-10,12-16H,11H2,2-3H3,(H,30,33). The van der Waals surface area contributed by atoms with E-state index >= 15 is 0 Å². The summed E-state index contributed by atoms with van der Waals surface area (Å²) >= 11 is 12.1. The van der Waals surface area contributed by atoms with Crippen molar-refractivity contribution in [1.82, 2.24) is 9.97 Å². The number of nitrogens with zero attached hydrogens (tertiary/aromatic N) is 2. The highest BCUT2D eigenvalue weighted by Gasteiger charge is 2.17. The first-order valence-electron chi connectivity index (χ1n) is 10.6. The summed E-state index contributed by atoms with van der Waals surface area (Å²) in [4.78, 5) is 22.2. The van der Waals surface area contributed by atoms with Crippen molar-refractivity contribution in [3.05, 3.63) is 82.1 Å². The number of hydrogen-bond donors (Lipinski definition) is 1. The van der Waals surface area contributed by atoms with E-state index in [1.807, 2.05) is 18.2 Å². The van der Waals surface area contributed by atoms with E-state index in [0.717, 1.165) is 10.9 Å². The van der Waals surface area contributed by atoms with Crippen LogP contribution in [0.2, 0.25) is 10.0 Å². The summed E-state index contributed by atoms with van der Waals surface area (Å²) in [5, 5.41) is 4.33. The van der Waals surface area contributed by atoms with Crippen LogP contribution in [0.15, 0.2) is 60.7 Å². The number of ether oxygens (including phenoxy) is 1. The molecule has 0 atom stereocenters. The first kappa shape index (κ1) is 23.6. The zero-order chi connectivity index (χ0) is 24.2. The van der Waals surface area contributed by atoms with Crippen molar-refractivity contribution >= 4 is 45.7 Å². The van der Waals surface area contributed by atoms with Gasteiger partial charge in [0.25, 0.3) is 5.91 Å². The maximum absolute atomic E-state index is 13.0. The fraction of sp³-hybridized carbons (Fsp3) is 0.148. The zero-order valence-corrected chi connectivity index (χ0v) is 20.1. The molecule has 5 nitrogen and oxygen atoms in total. The summed E-state index contributed by atoms with van der Waals surface area (Å²) in [7, 11) is 0. The maximum atomic E-state index is 13.0. The van der Waals surface area contributed by atoms with Crippen molar-refractivity contribution in [3.8, 4) is 29.4 Å². The van der Waals surface area contributed by atoms with Gasteiger partial charge in [0.1, 0.15) is 12.4 Å². The number of carbonyl (C=O) groups excluding carboxylic acids is 1. The molecule has 4 rings (SSSR count). The van der Waals surface area contributed by atoms with Gasteiger partial charge in [0, 0.05) is 26.7 Å². The molecule has 3 aromatic carbocycles. The van der Waals surface area contributed by atoms with Gasteiger partial charge in [-0.15, -0.1) is 6.42 Å². The van der Waals surface area contributed by atoms with Crippen LogP contribution in [0.4, 0.5) is 5.69 Å². The predicted octanol–water partition coefficient (Wildman–Crippen LogP) is 6.99. The number of anilines is 1. The zero-order valence-electron chi connectivity index (χ0n) is 18.6. The van der Waals surface area contributed by atoms with Gasteiger partial charge in [-0.2, -0.15) is 0 Å². The number of carbonyl (C=O) groups is 1. The summed E-state index contributed by atoms with van der Waals surface area (Å²) in [6.45, 7) is 4.41. The van der Waals surface area contributed by atoms with Crippen molar-refractivity contribution < 1.29 is 9.53 Å². The molecular formula is C27H21Cl2N3O2. The number of rotatable bonds is 6.